The Morgan fingerprint density at radius 3 is 2.11 bits per heavy atom. The van der Waals surface area contributed by atoms with Crippen LogP contribution in [0.15, 0.2) is 47.6 Å². The van der Waals surface area contributed by atoms with Gasteiger partial charge in [0, 0.05) is 11.8 Å². The number of rotatable bonds is 10. The van der Waals surface area contributed by atoms with Gasteiger partial charge in [-0.05, 0) is 122 Å². The van der Waals surface area contributed by atoms with Crippen molar-refractivity contribution in [1.82, 2.24) is 0 Å². The van der Waals surface area contributed by atoms with Crippen molar-refractivity contribution in [3.63, 3.8) is 0 Å². The maximum absolute atomic E-state index is 10.7. The van der Waals surface area contributed by atoms with Crippen molar-refractivity contribution in [2.24, 2.45) is 28.6 Å². The van der Waals surface area contributed by atoms with Crippen molar-refractivity contribution in [3.8, 4) is 0 Å². The van der Waals surface area contributed by atoms with Crippen LogP contribution in [0.25, 0.3) is 0 Å². The van der Waals surface area contributed by atoms with Gasteiger partial charge in [0.15, 0.2) is 16.6 Å². The smallest absolute Gasteiger partial charge is 0.192 e. The Morgan fingerprint density at radius 1 is 0.935 bits per heavy atom. The van der Waals surface area contributed by atoms with Crippen LogP contribution in [0.3, 0.4) is 0 Å². The summed E-state index contributed by atoms with van der Waals surface area (Å²) in [7, 11) is -3.94. The predicted octanol–water partition coefficient (Wildman–Crippen LogP) is 10.5. The summed E-state index contributed by atoms with van der Waals surface area (Å²) in [6.07, 6.45) is 18.6. The molecule has 0 bridgehead atoms. The van der Waals surface area contributed by atoms with Gasteiger partial charge in [0.25, 0.3) is 0 Å². The predicted molar refractivity (Wildman–Crippen MR) is 200 cm³/mol. The molecule has 0 heterocycles. The third-order valence-electron chi connectivity index (χ3n) is 13.8. The van der Waals surface area contributed by atoms with E-state index in [4.69, 9.17) is 8.85 Å². The molecule has 0 unspecified atom stereocenters. The average Bonchev–Trinajstić information content (AvgIpc) is 3.65. The topological polar surface area (TPSA) is 58.9 Å². The fourth-order valence-corrected chi connectivity index (χ4v) is 10.9. The van der Waals surface area contributed by atoms with Gasteiger partial charge < -0.3 is 19.1 Å². The standard InChI is InChI=1S/C40H70O4Si2/c1-28(16-21-36(42)40(27-41)23-24-40)33-19-20-34-30(15-14-22-39(33,34)9)17-18-31-25-32(43-45(10,11)37(3,4)5)26-35(29(31)2)44-46(12,13)38(6,7)8/h16-18,21,28,32-36,41-42H,2,14-15,19-20,22-27H2,1,3-13H3/b21-16+,30-17+,31-18-/t28-,32-,33-,34+,35+,36-,39-/m1/s1. The Labute approximate surface area is 285 Å². The van der Waals surface area contributed by atoms with Gasteiger partial charge in [0.05, 0.1) is 24.9 Å². The molecular weight excluding hydrogens is 601 g/mol. The van der Waals surface area contributed by atoms with Crippen LogP contribution >= 0.6 is 0 Å². The second-order valence-corrected chi connectivity index (χ2v) is 28.6. The van der Waals surface area contributed by atoms with E-state index in [2.05, 4.69) is 106 Å². The molecule has 4 nitrogen and oxygen atoms in total. The van der Waals surface area contributed by atoms with Gasteiger partial charge in [-0.1, -0.05) is 91.8 Å². The molecule has 0 aliphatic heterocycles. The van der Waals surface area contributed by atoms with Gasteiger partial charge in [-0.25, -0.2) is 0 Å². The Morgan fingerprint density at radius 2 is 1.54 bits per heavy atom. The Kier molecular flexibility index (Phi) is 11.2. The van der Waals surface area contributed by atoms with E-state index in [-0.39, 0.29) is 39.7 Å². The number of hydrogen-bond donors (Lipinski definition) is 2. The maximum Gasteiger partial charge on any atom is 0.192 e. The average molecular weight is 671 g/mol. The summed E-state index contributed by atoms with van der Waals surface area (Å²) in [6.45, 7) is 33.1. The van der Waals surface area contributed by atoms with E-state index in [1.54, 1.807) is 5.57 Å². The van der Waals surface area contributed by atoms with E-state index in [0.29, 0.717) is 17.8 Å². The van der Waals surface area contributed by atoms with Gasteiger partial charge >= 0.3 is 0 Å². The van der Waals surface area contributed by atoms with E-state index >= 15 is 0 Å². The van der Waals surface area contributed by atoms with Crippen LogP contribution in [-0.4, -0.2) is 51.8 Å². The number of allylic oxidation sites excluding steroid dienone is 4. The van der Waals surface area contributed by atoms with Crippen molar-refractivity contribution in [2.45, 2.75) is 168 Å². The van der Waals surface area contributed by atoms with E-state index in [1.807, 2.05) is 6.08 Å². The van der Waals surface area contributed by atoms with Crippen LogP contribution in [0.4, 0.5) is 0 Å². The summed E-state index contributed by atoms with van der Waals surface area (Å²) in [6, 6.07) is 0. The lowest BCUT2D eigenvalue weighted by Crippen LogP contribution is -2.49. The summed E-state index contributed by atoms with van der Waals surface area (Å²) in [5, 5.41) is 20.8. The minimum absolute atomic E-state index is 0.00476. The summed E-state index contributed by atoms with van der Waals surface area (Å²) in [4.78, 5) is 0. The highest BCUT2D eigenvalue weighted by Gasteiger charge is 2.51. The van der Waals surface area contributed by atoms with Gasteiger partial charge in [0.2, 0.25) is 0 Å². The lowest BCUT2D eigenvalue weighted by atomic mass is 9.61. The first kappa shape index (κ1) is 38.0. The summed E-state index contributed by atoms with van der Waals surface area (Å²) < 4.78 is 14.2. The van der Waals surface area contributed by atoms with Crippen molar-refractivity contribution in [3.05, 3.63) is 47.6 Å². The van der Waals surface area contributed by atoms with Crippen LogP contribution in [0, 0.1) is 28.6 Å². The minimum atomic E-state index is -1.99. The highest BCUT2D eigenvalue weighted by Crippen LogP contribution is 2.60. The molecule has 4 fully saturated rings. The molecule has 0 amide bonds. The van der Waals surface area contributed by atoms with Crippen LogP contribution < -0.4 is 0 Å². The first-order chi connectivity index (χ1) is 21.1. The Bertz CT molecular complexity index is 1190. The molecule has 4 aliphatic rings. The van der Waals surface area contributed by atoms with Gasteiger partial charge in [-0.3, -0.25) is 0 Å². The number of hydrogen-bond acceptors (Lipinski definition) is 4. The van der Waals surface area contributed by atoms with Gasteiger partial charge in [-0.2, -0.15) is 0 Å². The number of aliphatic hydroxyl groups excluding tert-OH is 2. The van der Waals surface area contributed by atoms with Crippen LogP contribution in [0.1, 0.15) is 113 Å². The fourth-order valence-electron chi connectivity index (χ4n) is 8.24. The van der Waals surface area contributed by atoms with Crippen molar-refractivity contribution in [2.75, 3.05) is 6.61 Å². The molecule has 4 rings (SSSR count). The third-order valence-corrected chi connectivity index (χ3v) is 22.9. The summed E-state index contributed by atoms with van der Waals surface area (Å²) in [5.74, 6) is 1.62. The molecule has 0 aromatic carbocycles. The molecule has 46 heavy (non-hydrogen) atoms. The first-order valence-corrected chi connectivity index (χ1v) is 24.3. The molecule has 0 radical (unpaired) electrons. The molecule has 7 atom stereocenters. The first-order valence-electron chi connectivity index (χ1n) is 18.5. The zero-order valence-electron chi connectivity index (χ0n) is 31.8. The lowest BCUT2D eigenvalue weighted by Gasteiger charge is -2.45. The molecule has 2 N–H and O–H groups in total. The molecule has 0 saturated heterocycles. The zero-order chi connectivity index (χ0) is 34.5. The molecular formula is C40H70O4Si2. The number of fused-ring (bicyclic) bond motifs is 1. The van der Waals surface area contributed by atoms with Gasteiger partial charge in [-0.15, -0.1) is 0 Å². The second-order valence-electron chi connectivity index (χ2n) is 19.1. The summed E-state index contributed by atoms with van der Waals surface area (Å²) in [5.41, 5.74) is 4.08. The van der Waals surface area contributed by atoms with E-state index < -0.39 is 22.7 Å². The molecule has 0 aromatic rings. The molecule has 4 saturated carbocycles. The molecule has 0 spiro atoms. The number of aliphatic hydroxyl groups is 2. The van der Waals surface area contributed by atoms with Gasteiger partial charge in [0.1, 0.15) is 0 Å². The lowest BCUT2D eigenvalue weighted by molar-refractivity contribution is 0.0820. The maximum atomic E-state index is 10.7. The summed E-state index contributed by atoms with van der Waals surface area (Å²) >= 11 is 0. The monoisotopic (exact) mass is 670 g/mol. The van der Waals surface area contributed by atoms with E-state index in [1.165, 1.54) is 37.7 Å². The molecule has 6 heteroatoms. The largest absolute Gasteiger partial charge is 0.413 e. The highest BCUT2D eigenvalue weighted by atomic mass is 28.4. The third kappa shape index (κ3) is 7.83. The normalized spacial score (nSPS) is 33.9. The molecule has 0 aromatic heterocycles. The van der Waals surface area contributed by atoms with Crippen molar-refractivity contribution in [1.29, 1.82) is 0 Å². The SMILES string of the molecule is C=C1/C(=C\C=C2/CCC[C@]3(C)[C@@H]([C@H](C)/C=C/[C@@H](O)C4(CO)CC4)CC[C@@H]23)C[C@@H](O[Si](C)(C)C(C)(C)C)C[C@@H]1O[Si](C)(C)C(C)(C)C. The second kappa shape index (κ2) is 13.5. The van der Waals surface area contributed by atoms with E-state index in [9.17, 15) is 10.2 Å². The fraction of sp³-hybridized carbons (Fsp3) is 0.800. The molecule has 4 aliphatic carbocycles. The van der Waals surface area contributed by atoms with Crippen LogP contribution in [0.5, 0.6) is 0 Å². The zero-order valence-corrected chi connectivity index (χ0v) is 33.8. The minimum Gasteiger partial charge on any atom is -0.413 e. The van der Waals surface area contributed by atoms with Crippen LogP contribution in [0.2, 0.25) is 36.3 Å². The molecule has 262 valence electrons. The Hall–Kier alpha value is -0.766. The van der Waals surface area contributed by atoms with E-state index in [0.717, 1.165) is 31.3 Å². The highest BCUT2D eigenvalue weighted by molar-refractivity contribution is 6.74. The van der Waals surface area contributed by atoms with Crippen LogP contribution in [-0.2, 0) is 8.85 Å². The van der Waals surface area contributed by atoms with Crippen molar-refractivity contribution < 1.29 is 19.1 Å². The Balaban J connectivity index is 1.57. The quantitative estimate of drug-likeness (QED) is 0.179. The van der Waals surface area contributed by atoms with Crippen molar-refractivity contribution >= 4 is 16.6 Å².